The summed E-state index contributed by atoms with van der Waals surface area (Å²) in [5, 5.41) is 0.547. The van der Waals surface area contributed by atoms with E-state index in [4.69, 9.17) is 17.2 Å². The standard InChI is InChI=1S/C8H9N5S/c9-4-1-2-5-6(3-4)14-8(12-5)13-7(10)11/h1-3H,9H2,(H4,10,11,12,13). The van der Waals surface area contributed by atoms with Gasteiger partial charge in [-0.1, -0.05) is 11.3 Å². The van der Waals surface area contributed by atoms with Gasteiger partial charge in [0.15, 0.2) is 5.96 Å². The summed E-state index contributed by atoms with van der Waals surface area (Å²) in [5.74, 6) is 0.0111. The molecule has 2 aromatic rings. The summed E-state index contributed by atoms with van der Waals surface area (Å²) in [6.45, 7) is 0. The lowest BCUT2D eigenvalue weighted by molar-refractivity contribution is 1.36. The molecular formula is C8H9N5S. The van der Waals surface area contributed by atoms with Crippen molar-refractivity contribution in [1.82, 2.24) is 4.98 Å². The van der Waals surface area contributed by atoms with Gasteiger partial charge >= 0.3 is 0 Å². The van der Waals surface area contributed by atoms with Crippen molar-refractivity contribution in [2.24, 2.45) is 16.5 Å². The zero-order chi connectivity index (χ0) is 10.1. The molecule has 0 aliphatic rings. The largest absolute Gasteiger partial charge is 0.399 e. The normalized spacial score (nSPS) is 10.3. The van der Waals surface area contributed by atoms with E-state index in [0.29, 0.717) is 10.8 Å². The maximum atomic E-state index is 5.63. The minimum absolute atomic E-state index is 0.0111. The van der Waals surface area contributed by atoms with Crippen LogP contribution in [-0.4, -0.2) is 10.9 Å². The first-order valence-corrected chi connectivity index (χ1v) is 4.72. The van der Waals surface area contributed by atoms with Gasteiger partial charge in [-0.15, -0.1) is 0 Å². The van der Waals surface area contributed by atoms with Gasteiger partial charge in [-0.2, -0.15) is 4.99 Å². The SMILES string of the molecule is NC(N)=Nc1nc2ccc(N)cc2s1. The third kappa shape index (κ3) is 1.60. The molecule has 0 radical (unpaired) electrons. The molecule has 0 fully saturated rings. The molecule has 0 amide bonds. The molecule has 1 aromatic heterocycles. The second-order valence-electron chi connectivity index (χ2n) is 2.76. The van der Waals surface area contributed by atoms with Gasteiger partial charge in [0.2, 0.25) is 5.13 Å². The Balaban J connectivity index is 2.57. The van der Waals surface area contributed by atoms with Crippen molar-refractivity contribution in [1.29, 1.82) is 0 Å². The van der Waals surface area contributed by atoms with Crippen LogP contribution >= 0.6 is 11.3 Å². The number of rotatable bonds is 1. The fourth-order valence-electron chi connectivity index (χ4n) is 1.09. The van der Waals surface area contributed by atoms with Crippen molar-refractivity contribution in [2.45, 2.75) is 0 Å². The van der Waals surface area contributed by atoms with Gasteiger partial charge in [-0.25, -0.2) is 4.98 Å². The molecule has 0 atom stereocenters. The Kier molecular flexibility index (Phi) is 1.97. The number of aliphatic imine (C=N–C) groups is 1. The van der Waals surface area contributed by atoms with Crippen LogP contribution in [0.2, 0.25) is 0 Å². The van der Waals surface area contributed by atoms with Gasteiger partial charge in [0.05, 0.1) is 10.2 Å². The number of anilines is 1. The van der Waals surface area contributed by atoms with E-state index in [1.54, 1.807) is 6.07 Å². The number of hydrogen-bond acceptors (Lipinski definition) is 4. The maximum Gasteiger partial charge on any atom is 0.213 e. The summed E-state index contributed by atoms with van der Waals surface area (Å²) < 4.78 is 0.977. The molecular weight excluding hydrogens is 198 g/mol. The van der Waals surface area contributed by atoms with E-state index in [2.05, 4.69) is 9.98 Å². The number of thiazole rings is 1. The predicted molar refractivity (Wildman–Crippen MR) is 59.5 cm³/mol. The van der Waals surface area contributed by atoms with Crippen LogP contribution in [0.5, 0.6) is 0 Å². The van der Waals surface area contributed by atoms with Gasteiger partial charge in [0.1, 0.15) is 0 Å². The van der Waals surface area contributed by atoms with E-state index in [1.807, 2.05) is 12.1 Å². The van der Waals surface area contributed by atoms with Crippen LogP contribution in [0.4, 0.5) is 10.8 Å². The monoisotopic (exact) mass is 207 g/mol. The Hall–Kier alpha value is -1.82. The smallest absolute Gasteiger partial charge is 0.213 e. The van der Waals surface area contributed by atoms with Crippen LogP contribution in [0, 0.1) is 0 Å². The second-order valence-corrected chi connectivity index (χ2v) is 3.77. The highest BCUT2D eigenvalue weighted by atomic mass is 32.1. The quantitative estimate of drug-likeness (QED) is 0.365. The number of nitrogen functional groups attached to an aromatic ring is 1. The molecule has 1 heterocycles. The summed E-state index contributed by atoms with van der Waals surface area (Å²) in [4.78, 5) is 8.07. The molecule has 0 spiro atoms. The van der Waals surface area contributed by atoms with Crippen molar-refractivity contribution < 1.29 is 0 Å². The van der Waals surface area contributed by atoms with Crippen LogP contribution in [0.15, 0.2) is 23.2 Å². The van der Waals surface area contributed by atoms with Gasteiger partial charge in [0, 0.05) is 5.69 Å². The predicted octanol–water partition coefficient (Wildman–Crippen LogP) is 0.783. The second kappa shape index (κ2) is 3.15. The van der Waals surface area contributed by atoms with Crippen molar-refractivity contribution in [3.63, 3.8) is 0 Å². The molecule has 0 bridgehead atoms. The fourth-order valence-corrected chi connectivity index (χ4v) is 1.99. The van der Waals surface area contributed by atoms with E-state index >= 15 is 0 Å². The lowest BCUT2D eigenvalue weighted by Gasteiger charge is -1.88. The number of guanidine groups is 1. The number of benzene rings is 1. The van der Waals surface area contributed by atoms with E-state index in [-0.39, 0.29) is 5.96 Å². The fraction of sp³-hybridized carbons (Fsp3) is 0. The molecule has 5 nitrogen and oxygen atoms in total. The molecule has 1 aromatic carbocycles. The van der Waals surface area contributed by atoms with Crippen molar-refractivity contribution in [3.05, 3.63) is 18.2 Å². The molecule has 6 N–H and O–H groups in total. The van der Waals surface area contributed by atoms with Crippen molar-refractivity contribution in [2.75, 3.05) is 5.73 Å². The van der Waals surface area contributed by atoms with Gasteiger partial charge in [0.25, 0.3) is 0 Å². The van der Waals surface area contributed by atoms with Gasteiger partial charge in [-0.05, 0) is 18.2 Å². The Morgan fingerprint density at radius 1 is 1.36 bits per heavy atom. The van der Waals surface area contributed by atoms with Gasteiger partial charge < -0.3 is 17.2 Å². The summed E-state index contributed by atoms with van der Waals surface area (Å²) in [6, 6.07) is 5.48. The summed E-state index contributed by atoms with van der Waals surface area (Å²) in [7, 11) is 0. The lowest BCUT2D eigenvalue weighted by atomic mass is 10.3. The van der Waals surface area contributed by atoms with E-state index in [0.717, 1.165) is 10.2 Å². The third-order valence-electron chi connectivity index (χ3n) is 1.63. The molecule has 0 unspecified atom stereocenters. The first kappa shape index (κ1) is 8.76. The minimum atomic E-state index is 0.0111. The zero-order valence-electron chi connectivity index (χ0n) is 7.27. The maximum absolute atomic E-state index is 5.63. The number of nitrogens with two attached hydrogens (primary N) is 3. The molecule has 0 saturated carbocycles. The Morgan fingerprint density at radius 2 is 2.14 bits per heavy atom. The average Bonchev–Trinajstić information content (AvgIpc) is 2.44. The van der Waals surface area contributed by atoms with E-state index < -0.39 is 0 Å². The first-order valence-electron chi connectivity index (χ1n) is 3.91. The van der Waals surface area contributed by atoms with Crippen molar-refractivity contribution in [3.8, 4) is 0 Å². The summed E-state index contributed by atoms with van der Waals surface area (Å²) in [6.07, 6.45) is 0. The average molecular weight is 207 g/mol. The van der Waals surface area contributed by atoms with Crippen LogP contribution in [-0.2, 0) is 0 Å². The zero-order valence-corrected chi connectivity index (χ0v) is 8.08. The first-order chi connectivity index (χ1) is 6.65. The topological polar surface area (TPSA) is 103 Å². The third-order valence-corrected chi connectivity index (χ3v) is 2.54. The van der Waals surface area contributed by atoms with Gasteiger partial charge in [-0.3, -0.25) is 0 Å². The number of hydrogen-bond donors (Lipinski definition) is 3. The van der Waals surface area contributed by atoms with E-state index in [9.17, 15) is 0 Å². The molecule has 0 aliphatic heterocycles. The summed E-state index contributed by atoms with van der Waals surface area (Å²) >= 11 is 1.40. The Morgan fingerprint density at radius 3 is 2.86 bits per heavy atom. The number of nitrogens with zero attached hydrogens (tertiary/aromatic N) is 2. The number of fused-ring (bicyclic) bond motifs is 1. The lowest BCUT2D eigenvalue weighted by Crippen LogP contribution is -2.21. The molecule has 0 saturated heterocycles. The van der Waals surface area contributed by atoms with Crippen LogP contribution in [0.1, 0.15) is 0 Å². The number of aromatic nitrogens is 1. The molecule has 14 heavy (non-hydrogen) atoms. The van der Waals surface area contributed by atoms with E-state index in [1.165, 1.54) is 11.3 Å². The van der Waals surface area contributed by atoms with Crippen molar-refractivity contribution >= 4 is 38.3 Å². The Labute approximate surface area is 84.3 Å². The minimum Gasteiger partial charge on any atom is -0.399 e. The highest BCUT2D eigenvalue weighted by Crippen LogP contribution is 2.28. The molecule has 2 rings (SSSR count). The van der Waals surface area contributed by atoms with Crippen LogP contribution in [0.3, 0.4) is 0 Å². The highest BCUT2D eigenvalue weighted by Gasteiger charge is 2.02. The molecule has 0 aliphatic carbocycles. The molecule has 6 heteroatoms. The summed E-state index contributed by atoms with van der Waals surface area (Å²) in [5.41, 5.74) is 17.7. The Bertz CT molecular complexity index is 497. The van der Waals surface area contributed by atoms with Crippen LogP contribution in [0.25, 0.3) is 10.2 Å². The van der Waals surface area contributed by atoms with Crippen LogP contribution < -0.4 is 17.2 Å². The highest BCUT2D eigenvalue weighted by molar-refractivity contribution is 7.22. The molecule has 72 valence electrons.